The van der Waals surface area contributed by atoms with E-state index in [-0.39, 0.29) is 4.90 Å². The van der Waals surface area contributed by atoms with Crippen molar-refractivity contribution < 1.29 is 13.2 Å². The quantitative estimate of drug-likeness (QED) is 0.680. The van der Waals surface area contributed by atoms with Crippen LogP contribution in [0.15, 0.2) is 23.1 Å². The maximum absolute atomic E-state index is 12.1. The molecule has 0 aliphatic carbocycles. The molecule has 0 amide bonds. The maximum atomic E-state index is 12.1. The molecule has 0 atom stereocenters. The van der Waals surface area contributed by atoms with Gasteiger partial charge in [0.15, 0.2) is 0 Å². The van der Waals surface area contributed by atoms with Gasteiger partial charge in [0.2, 0.25) is 10.0 Å². The smallest absolute Gasteiger partial charge is 0.240 e. The number of aryl methyl sites for hydroxylation is 1. The van der Waals surface area contributed by atoms with Gasteiger partial charge in [-0.05, 0) is 31.7 Å². The average molecular weight is 301 g/mol. The second kappa shape index (κ2) is 7.58. The van der Waals surface area contributed by atoms with Gasteiger partial charge >= 0.3 is 0 Å². The minimum atomic E-state index is -3.50. The molecule has 114 valence electrons. The Kier molecular flexibility index (Phi) is 6.41. The van der Waals surface area contributed by atoms with E-state index in [9.17, 15) is 8.42 Å². The molecule has 0 unspecified atom stereocenters. The van der Waals surface area contributed by atoms with Crippen molar-refractivity contribution in [2.75, 3.05) is 46.1 Å². The van der Waals surface area contributed by atoms with Crippen molar-refractivity contribution in [3.8, 4) is 0 Å². The summed E-state index contributed by atoms with van der Waals surface area (Å²) in [5.74, 6) is 0. The first-order chi connectivity index (χ1) is 9.36. The van der Waals surface area contributed by atoms with Gasteiger partial charge in [-0.15, -0.1) is 0 Å². The molecule has 1 aromatic carbocycles. The molecule has 0 heterocycles. The highest BCUT2D eigenvalue weighted by atomic mass is 32.2. The Labute approximate surface area is 121 Å². The molecule has 0 spiro atoms. The van der Waals surface area contributed by atoms with Crippen molar-refractivity contribution in [2.45, 2.75) is 11.8 Å². The Morgan fingerprint density at radius 3 is 2.65 bits per heavy atom. The minimum absolute atomic E-state index is 0.195. The first-order valence-corrected chi connectivity index (χ1v) is 7.88. The van der Waals surface area contributed by atoms with E-state index in [1.807, 2.05) is 18.9 Å². The van der Waals surface area contributed by atoms with Crippen molar-refractivity contribution in [3.05, 3.63) is 23.8 Å². The zero-order valence-corrected chi connectivity index (χ0v) is 13.0. The van der Waals surface area contributed by atoms with Crippen molar-refractivity contribution >= 4 is 15.7 Å². The van der Waals surface area contributed by atoms with Crippen LogP contribution in [0.1, 0.15) is 5.56 Å². The highest BCUT2D eigenvalue weighted by molar-refractivity contribution is 7.89. The lowest BCUT2D eigenvalue weighted by atomic mass is 10.2. The van der Waals surface area contributed by atoms with Crippen LogP contribution in [-0.4, -0.2) is 53.7 Å². The van der Waals surface area contributed by atoms with Crippen LogP contribution in [0.5, 0.6) is 0 Å². The van der Waals surface area contributed by atoms with Crippen molar-refractivity contribution in [3.63, 3.8) is 0 Å². The molecule has 0 aliphatic heterocycles. The van der Waals surface area contributed by atoms with Gasteiger partial charge in [-0.3, -0.25) is 0 Å². The molecular formula is C13H23N3O3S. The lowest BCUT2D eigenvalue weighted by Crippen LogP contribution is -2.34. The molecule has 20 heavy (non-hydrogen) atoms. The van der Waals surface area contributed by atoms with Crippen LogP contribution in [0.2, 0.25) is 0 Å². The number of methoxy groups -OCH3 is 1. The number of nitrogen functional groups attached to an aromatic ring is 1. The van der Waals surface area contributed by atoms with Crippen molar-refractivity contribution in [1.29, 1.82) is 0 Å². The molecule has 0 saturated carbocycles. The van der Waals surface area contributed by atoms with Gasteiger partial charge in [0.1, 0.15) is 0 Å². The lowest BCUT2D eigenvalue weighted by Gasteiger charge is -2.16. The predicted molar refractivity (Wildman–Crippen MR) is 80.2 cm³/mol. The summed E-state index contributed by atoms with van der Waals surface area (Å²) in [6, 6.07) is 4.74. The number of nitrogens with one attached hydrogen (secondary N) is 1. The zero-order valence-electron chi connectivity index (χ0n) is 12.2. The predicted octanol–water partition coefficient (Wildman–Crippen LogP) is 0.434. The molecule has 6 nitrogen and oxygen atoms in total. The average Bonchev–Trinajstić information content (AvgIpc) is 2.39. The van der Waals surface area contributed by atoms with Gasteiger partial charge in [-0.2, -0.15) is 0 Å². The number of ether oxygens (including phenoxy) is 1. The van der Waals surface area contributed by atoms with E-state index in [0.717, 1.165) is 12.1 Å². The summed E-state index contributed by atoms with van der Waals surface area (Å²) in [7, 11) is 0.0475. The van der Waals surface area contributed by atoms with Crippen molar-refractivity contribution in [1.82, 2.24) is 9.62 Å². The molecule has 1 aromatic rings. The molecule has 0 radical (unpaired) electrons. The third-order valence-corrected chi connectivity index (χ3v) is 4.48. The Bertz CT molecular complexity index is 532. The summed E-state index contributed by atoms with van der Waals surface area (Å²) >= 11 is 0. The fourth-order valence-corrected chi connectivity index (χ4v) is 2.65. The minimum Gasteiger partial charge on any atom is -0.398 e. The van der Waals surface area contributed by atoms with E-state index in [1.165, 1.54) is 6.07 Å². The molecular weight excluding hydrogens is 278 g/mol. The van der Waals surface area contributed by atoms with E-state index < -0.39 is 10.0 Å². The molecule has 0 saturated heterocycles. The Morgan fingerprint density at radius 2 is 2.05 bits per heavy atom. The van der Waals surface area contributed by atoms with Crippen LogP contribution in [0.3, 0.4) is 0 Å². The number of rotatable bonds is 8. The number of likely N-dealkylation sites (N-methyl/N-ethyl adjacent to an activating group) is 1. The van der Waals surface area contributed by atoms with Gasteiger partial charge < -0.3 is 15.4 Å². The van der Waals surface area contributed by atoms with Crippen LogP contribution in [0.25, 0.3) is 0 Å². The second-order valence-corrected chi connectivity index (χ2v) is 6.48. The molecule has 0 fully saturated rings. The van der Waals surface area contributed by atoms with E-state index in [1.54, 1.807) is 19.2 Å². The third kappa shape index (κ3) is 5.09. The molecule has 0 aliphatic rings. The van der Waals surface area contributed by atoms with Gasteiger partial charge in [-0.25, -0.2) is 13.1 Å². The summed E-state index contributed by atoms with van der Waals surface area (Å²) in [5.41, 5.74) is 7.08. The number of hydrogen-bond acceptors (Lipinski definition) is 5. The highest BCUT2D eigenvalue weighted by Gasteiger charge is 2.14. The standard InChI is InChI=1S/C13H23N3O3S/c1-11-4-5-12(10-13(11)14)20(17,18)15-6-7-16(2)8-9-19-3/h4-5,10,15H,6-9,14H2,1-3H3. The second-order valence-electron chi connectivity index (χ2n) is 4.71. The molecule has 3 N–H and O–H groups in total. The first kappa shape index (κ1) is 16.9. The summed E-state index contributed by atoms with van der Waals surface area (Å²) in [4.78, 5) is 2.19. The third-order valence-electron chi connectivity index (χ3n) is 3.02. The lowest BCUT2D eigenvalue weighted by molar-refractivity contribution is 0.162. The van der Waals surface area contributed by atoms with Gasteiger partial charge in [-0.1, -0.05) is 6.07 Å². The number of sulfonamides is 1. The van der Waals surface area contributed by atoms with Crippen LogP contribution in [-0.2, 0) is 14.8 Å². The molecule has 0 bridgehead atoms. The van der Waals surface area contributed by atoms with Gasteiger partial charge in [0.25, 0.3) is 0 Å². The molecule has 1 rings (SSSR count). The van der Waals surface area contributed by atoms with Gasteiger partial charge in [0, 0.05) is 32.4 Å². The van der Waals surface area contributed by atoms with Crippen LogP contribution in [0, 0.1) is 6.92 Å². The highest BCUT2D eigenvalue weighted by Crippen LogP contribution is 2.16. The Morgan fingerprint density at radius 1 is 1.35 bits per heavy atom. The van der Waals surface area contributed by atoms with E-state index in [4.69, 9.17) is 10.5 Å². The summed E-state index contributed by atoms with van der Waals surface area (Å²) < 4.78 is 31.7. The van der Waals surface area contributed by atoms with Gasteiger partial charge in [0.05, 0.1) is 11.5 Å². The van der Waals surface area contributed by atoms with Crippen LogP contribution in [0.4, 0.5) is 5.69 Å². The van der Waals surface area contributed by atoms with E-state index in [2.05, 4.69) is 4.72 Å². The number of benzene rings is 1. The maximum Gasteiger partial charge on any atom is 0.240 e. The van der Waals surface area contributed by atoms with Crippen LogP contribution < -0.4 is 10.5 Å². The number of nitrogens with two attached hydrogens (primary N) is 1. The monoisotopic (exact) mass is 301 g/mol. The van der Waals surface area contributed by atoms with Crippen LogP contribution >= 0.6 is 0 Å². The topological polar surface area (TPSA) is 84.7 Å². The SMILES string of the molecule is COCCN(C)CCNS(=O)(=O)c1ccc(C)c(N)c1. The fraction of sp³-hybridized carbons (Fsp3) is 0.538. The number of nitrogens with zero attached hydrogens (tertiary/aromatic N) is 1. The van der Waals surface area contributed by atoms with E-state index >= 15 is 0 Å². The fourth-order valence-electron chi connectivity index (χ4n) is 1.60. The van der Waals surface area contributed by atoms with E-state index in [0.29, 0.717) is 25.4 Å². The normalized spacial score (nSPS) is 12.0. The molecule has 7 heteroatoms. The Hall–Kier alpha value is -1.15. The largest absolute Gasteiger partial charge is 0.398 e. The van der Waals surface area contributed by atoms with Crippen molar-refractivity contribution in [2.24, 2.45) is 0 Å². The first-order valence-electron chi connectivity index (χ1n) is 6.40. The number of anilines is 1. The summed E-state index contributed by atoms with van der Waals surface area (Å²) in [5, 5.41) is 0. The zero-order chi connectivity index (χ0) is 15.2. The summed E-state index contributed by atoms with van der Waals surface area (Å²) in [6.45, 7) is 4.18. The molecule has 0 aromatic heterocycles. The Balaban J connectivity index is 2.55. The summed E-state index contributed by atoms with van der Waals surface area (Å²) in [6.07, 6.45) is 0. The number of hydrogen-bond donors (Lipinski definition) is 2.